The molecule has 0 amide bonds. The van der Waals surface area contributed by atoms with Crippen molar-refractivity contribution >= 4 is 29.0 Å². The first-order chi connectivity index (χ1) is 8.49. The van der Waals surface area contributed by atoms with E-state index < -0.39 is 0 Å². The number of nitrogen functional groups attached to an aromatic ring is 1. The minimum atomic E-state index is 0.379. The standard InChI is InChI=1S/C13H14Cl2N2O/c1-7(2)5-11-12(13(16)17-18-11)8-3-4-9(14)10(15)6-8/h3-4,6-7H,5H2,1-2H3,(H2,16,17). The van der Waals surface area contributed by atoms with E-state index in [1.165, 1.54) is 0 Å². The lowest BCUT2D eigenvalue weighted by atomic mass is 10.0. The summed E-state index contributed by atoms with van der Waals surface area (Å²) in [5, 5.41) is 4.83. The SMILES string of the molecule is CC(C)Cc1onc(N)c1-c1ccc(Cl)c(Cl)c1. The normalized spacial score (nSPS) is 11.2. The second-order valence-electron chi connectivity index (χ2n) is 4.59. The molecule has 2 N–H and O–H groups in total. The summed E-state index contributed by atoms with van der Waals surface area (Å²) in [4.78, 5) is 0. The number of benzene rings is 1. The van der Waals surface area contributed by atoms with Gasteiger partial charge in [0.2, 0.25) is 0 Å². The summed E-state index contributed by atoms with van der Waals surface area (Å²) in [7, 11) is 0. The Labute approximate surface area is 116 Å². The zero-order valence-corrected chi connectivity index (χ0v) is 11.7. The Morgan fingerprint density at radius 1 is 1.28 bits per heavy atom. The van der Waals surface area contributed by atoms with E-state index in [9.17, 15) is 0 Å². The van der Waals surface area contributed by atoms with Gasteiger partial charge in [-0.1, -0.05) is 48.3 Å². The molecule has 96 valence electrons. The van der Waals surface area contributed by atoms with Crippen molar-refractivity contribution in [1.29, 1.82) is 0 Å². The summed E-state index contributed by atoms with van der Waals surface area (Å²) in [5.41, 5.74) is 7.54. The summed E-state index contributed by atoms with van der Waals surface area (Å²) < 4.78 is 5.28. The highest BCUT2D eigenvalue weighted by Crippen LogP contribution is 2.34. The predicted octanol–water partition coefficient (Wildman–Crippen LogP) is 4.43. The molecule has 0 atom stereocenters. The van der Waals surface area contributed by atoms with Crippen LogP contribution in [-0.4, -0.2) is 5.16 Å². The first kappa shape index (κ1) is 13.2. The van der Waals surface area contributed by atoms with Crippen molar-refractivity contribution in [2.24, 2.45) is 5.92 Å². The summed E-state index contributed by atoms with van der Waals surface area (Å²) in [6, 6.07) is 5.38. The van der Waals surface area contributed by atoms with E-state index >= 15 is 0 Å². The molecule has 0 aliphatic heterocycles. The van der Waals surface area contributed by atoms with Crippen LogP contribution < -0.4 is 5.73 Å². The van der Waals surface area contributed by atoms with Crippen molar-refractivity contribution in [2.75, 3.05) is 5.73 Å². The Balaban J connectivity index is 2.48. The quantitative estimate of drug-likeness (QED) is 0.907. The molecule has 0 saturated carbocycles. The highest BCUT2D eigenvalue weighted by molar-refractivity contribution is 6.42. The summed E-state index contributed by atoms with van der Waals surface area (Å²) in [5.74, 6) is 1.61. The lowest BCUT2D eigenvalue weighted by Crippen LogP contribution is -1.95. The number of nitrogens with zero attached hydrogens (tertiary/aromatic N) is 1. The van der Waals surface area contributed by atoms with Crippen LogP contribution in [0.2, 0.25) is 10.0 Å². The average molecular weight is 285 g/mol. The minimum absolute atomic E-state index is 0.379. The van der Waals surface area contributed by atoms with E-state index in [4.69, 9.17) is 33.5 Å². The van der Waals surface area contributed by atoms with Crippen LogP contribution in [0.4, 0.5) is 5.82 Å². The zero-order chi connectivity index (χ0) is 13.3. The van der Waals surface area contributed by atoms with Crippen molar-refractivity contribution in [3.8, 4) is 11.1 Å². The molecule has 0 bridgehead atoms. The maximum atomic E-state index is 6.02. The molecule has 3 nitrogen and oxygen atoms in total. The van der Waals surface area contributed by atoms with Crippen LogP contribution in [0.15, 0.2) is 22.7 Å². The van der Waals surface area contributed by atoms with Gasteiger partial charge < -0.3 is 10.3 Å². The zero-order valence-electron chi connectivity index (χ0n) is 10.2. The molecule has 1 aromatic carbocycles. The largest absolute Gasteiger partial charge is 0.380 e. The number of anilines is 1. The Bertz CT molecular complexity index is 564. The lowest BCUT2D eigenvalue weighted by molar-refractivity contribution is 0.372. The first-order valence-electron chi connectivity index (χ1n) is 5.68. The first-order valence-corrected chi connectivity index (χ1v) is 6.44. The monoisotopic (exact) mass is 284 g/mol. The second-order valence-corrected chi connectivity index (χ2v) is 5.41. The van der Waals surface area contributed by atoms with Crippen LogP contribution >= 0.6 is 23.2 Å². The Kier molecular flexibility index (Phi) is 3.83. The molecule has 5 heteroatoms. The highest BCUT2D eigenvalue weighted by atomic mass is 35.5. The van der Waals surface area contributed by atoms with Crippen molar-refractivity contribution in [3.63, 3.8) is 0 Å². The van der Waals surface area contributed by atoms with E-state index in [2.05, 4.69) is 19.0 Å². The highest BCUT2D eigenvalue weighted by Gasteiger charge is 2.17. The van der Waals surface area contributed by atoms with Crippen molar-refractivity contribution in [1.82, 2.24) is 5.16 Å². The van der Waals surface area contributed by atoms with E-state index in [0.717, 1.165) is 23.3 Å². The van der Waals surface area contributed by atoms with Crippen molar-refractivity contribution in [3.05, 3.63) is 34.0 Å². The fourth-order valence-corrected chi connectivity index (χ4v) is 2.11. The number of aromatic nitrogens is 1. The van der Waals surface area contributed by atoms with E-state index in [1.807, 2.05) is 6.07 Å². The van der Waals surface area contributed by atoms with Crippen LogP contribution in [0, 0.1) is 5.92 Å². The Hall–Kier alpha value is -1.19. The van der Waals surface area contributed by atoms with Gasteiger partial charge in [0.25, 0.3) is 0 Å². The van der Waals surface area contributed by atoms with Gasteiger partial charge in [-0.3, -0.25) is 0 Å². The molecule has 0 saturated heterocycles. The van der Waals surface area contributed by atoms with Gasteiger partial charge >= 0.3 is 0 Å². The van der Waals surface area contributed by atoms with Gasteiger partial charge in [0, 0.05) is 6.42 Å². The number of rotatable bonds is 3. The van der Waals surface area contributed by atoms with Gasteiger partial charge in [-0.2, -0.15) is 0 Å². The molecule has 18 heavy (non-hydrogen) atoms. The fourth-order valence-electron chi connectivity index (χ4n) is 1.81. The van der Waals surface area contributed by atoms with E-state index in [0.29, 0.717) is 21.8 Å². The third kappa shape index (κ3) is 2.62. The van der Waals surface area contributed by atoms with Crippen LogP contribution in [0.5, 0.6) is 0 Å². The fraction of sp³-hybridized carbons (Fsp3) is 0.308. The summed E-state index contributed by atoms with van der Waals surface area (Å²) in [6.07, 6.45) is 0.778. The molecule has 1 heterocycles. The number of nitrogens with two attached hydrogens (primary N) is 1. The van der Waals surface area contributed by atoms with Gasteiger partial charge in [-0.25, -0.2) is 0 Å². The Morgan fingerprint density at radius 2 is 2.00 bits per heavy atom. The van der Waals surface area contributed by atoms with Gasteiger partial charge in [0.05, 0.1) is 15.6 Å². The minimum Gasteiger partial charge on any atom is -0.380 e. The van der Waals surface area contributed by atoms with Crippen molar-refractivity contribution in [2.45, 2.75) is 20.3 Å². The van der Waals surface area contributed by atoms with Crippen LogP contribution in [-0.2, 0) is 6.42 Å². The number of hydrogen-bond acceptors (Lipinski definition) is 3. The molecular weight excluding hydrogens is 271 g/mol. The topological polar surface area (TPSA) is 52.0 Å². The molecule has 0 radical (unpaired) electrons. The molecule has 0 unspecified atom stereocenters. The molecule has 0 fully saturated rings. The predicted molar refractivity (Wildman–Crippen MR) is 74.9 cm³/mol. The van der Waals surface area contributed by atoms with Gasteiger partial charge in [-0.15, -0.1) is 0 Å². The molecular formula is C13H14Cl2N2O. The van der Waals surface area contributed by atoms with E-state index in [1.54, 1.807) is 12.1 Å². The lowest BCUT2D eigenvalue weighted by Gasteiger charge is -2.06. The molecule has 2 rings (SSSR count). The third-order valence-corrected chi connectivity index (χ3v) is 3.33. The van der Waals surface area contributed by atoms with E-state index in [-0.39, 0.29) is 0 Å². The maximum Gasteiger partial charge on any atom is 0.175 e. The maximum absolute atomic E-state index is 6.02. The molecule has 0 aliphatic rings. The number of halogens is 2. The van der Waals surface area contributed by atoms with Crippen LogP contribution in [0.3, 0.4) is 0 Å². The molecule has 1 aromatic heterocycles. The van der Waals surface area contributed by atoms with Gasteiger partial charge in [0.15, 0.2) is 5.82 Å². The number of hydrogen-bond donors (Lipinski definition) is 1. The molecule has 0 aliphatic carbocycles. The Morgan fingerprint density at radius 3 is 2.61 bits per heavy atom. The third-order valence-electron chi connectivity index (χ3n) is 2.59. The molecule has 2 aromatic rings. The average Bonchev–Trinajstić information content (AvgIpc) is 2.63. The molecule has 0 spiro atoms. The van der Waals surface area contributed by atoms with Crippen molar-refractivity contribution < 1.29 is 4.52 Å². The van der Waals surface area contributed by atoms with Gasteiger partial charge in [0.1, 0.15) is 5.76 Å². The van der Waals surface area contributed by atoms with Crippen LogP contribution in [0.1, 0.15) is 19.6 Å². The summed E-state index contributed by atoms with van der Waals surface area (Å²) in [6.45, 7) is 4.22. The second kappa shape index (κ2) is 5.21. The smallest absolute Gasteiger partial charge is 0.175 e. The van der Waals surface area contributed by atoms with Crippen LogP contribution in [0.25, 0.3) is 11.1 Å². The summed E-state index contributed by atoms with van der Waals surface area (Å²) >= 11 is 11.9. The van der Waals surface area contributed by atoms with Gasteiger partial charge in [-0.05, 0) is 23.6 Å².